The lowest BCUT2D eigenvalue weighted by Crippen LogP contribution is -2.50. The molecule has 166 valence electrons. The van der Waals surface area contributed by atoms with Crippen LogP contribution in [-0.4, -0.2) is 30.0 Å². The van der Waals surface area contributed by atoms with E-state index in [1.807, 2.05) is 0 Å². The molecule has 9 heteroatoms. The van der Waals surface area contributed by atoms with Gasteiger partial charge in [0.25, 0.3) is 5.91 Å². The van der Waals surface area contributed by atoms with Crippen molar-refractivity contribution >= 4 is 46.5 Å². The first-order valence-electron chi connectivity index (χ1n) is 10.1. The Kier molecular flexibility index (Phi) is 5.13. The number of carbonyl (C=O) groups excluding carboxylic acids is 3. The Morgan fingerprint density at radius 1 is 0.970 bits per heavy atom. The minimum atomic E-state index is -1.43. The minimum absolute atomic E-state index is 0.0339. The molecule has 0 aliphatic carbocycles. The van der Waals surface area contributed by atoms with Gasteiger partial charge in [0.05, 0.1) is 11.4 Å². The van der Waals surface area contributed by atoms with Gasteiger partial charge in [-0.1, -0.05) is 24.3 Å². The number of nitrogens with zero attached hydrogens (tertiary/aromatic N) is 2. The number of benzene rings is 3. The van der Waals surface area contributed by atoms with E-state index in [1.165, 1.54) is 52.3 Å². The van der Waals surface area contributed by atoms with E-state index in [4.69, 9.17) is 0 Å². The molecule has 1 atom stereocenters. The Labute approximate surface area is 192 Å². The highest BCUT2D eigenvalue weighted by atomic mass is 32.2. The largest absolute Gasteiger partial charge is 0.325 e. The van der Waals surface area contributed by atoms with Gasteiger partial charge in [-0.05, 0) is 48.5 Å². The highest BCUT2D eigenvalue weighted by molar-refractivity contribution is 8.02. The van der Waals surface area contributed by atoms with Crippen LogP contribution >= 0.6 is 11.8 Å². The van der Waals surface area contributed by atoms with E-state index in [9.17, 15) is 23.2 Å². The third-order valence-electron chi connectivity index (χ3n) is 5.56. The maximum absolute atomic E-state index is 14.0. The van der Waals surface area contributed by atoms with Gasteiger partial charge in [0.15, 0.2) is 0 Å². The third-order valence-corrected chi connectivity index (χ3v) is 6.95. The van der Waals surface area contributed by atoms with Crippen LogP contribution in [0.2, 0.25) is 0 Å². The zero-order valence-electron chi connectivity index (χ0n) is 17.1. The van der Waals surface area contributed by atoms with Crippen LogP contribution in [0, 0.1) is 11.6 Å². The molecule has 1 N–H and O–H groups in total. The molecule has 0 bridgehead atoms. The van der Waals surface area contributed by atoms with Crippen LogP contribution in [-0.2, 0) is 19.3 Å². The van der Waals surface area contributed by atoms with E-state index in [2.05, 4.69) is 5.32 Å². The van der Waals surface area contributed by atoms with Crippen LogP contribution in [0.4, 0.5) is 25.8 Å². The molecule has 33 heavy (non-hydrogen) atoms. The van der Waals surface area contributed by atoms with Gasteiger partial charge in [-0.2, -0.15) is 0 Å². The minimum Gasteiger partial charge on any atom is -0.325 e. The SMILES string of the molecule is O=C(CN1C(=O)[C@]2(SCC(=O)N2c2cccc(F)c2)c2ccccc21)Nc1ccc(F)cc1. The highest BCUT2D eigenvalue weighted by Gasteiger charge is 2.61. The molecule has 0 saturated carbocycles. The summed E-state index contributed by atoms with van der Waals surface area (Å²) < 4.78 is 27.1. The van der Waals surface area contributed by atoms with Gasteiger partial charge in [0, 0.05) is 16.9 Å². The van der Waals surface area contributed by atoms with Crippen molar-refractivity contribution < 1.29 is 23.2 Å². The molecule has 2 aliphatic rings. The summed E-state index contributed by atoms with van der Waals surface area (Å²) in [7, 11) is 0. The van der Waals surface area contributed by atoms with Gasteiger partial charge in [0.2, 0.25) is 16.7 Å². The number of anilines is 3. The number of rotatable bonds is 4. The second-order valence-corrected chi connectivity index (χ2v) is 8.77. The maximum atomic E-state index is 14.0. The molecule has 6 nitrogen and oxygen atoms in total. The lowest BCUT2D eigenvalue weighted by atomic mass is 10.0. The Bertz CT molecular complexity index is 1280. The first-order chi connectivity index (χ1) is 15.9. The standard InChI is InChI=1S/C24H17F2N3O3S/c25-15-8-10-17(11-9-15)27-21(30)13-28-20-7-2-1-6-19(20)24(23(28)32)29(22(31)14-33-24)18-5-3-4-16(26)12-18/h1-12H,13-14H2,(H,27,30)/t24-/m1/s1. The molecule has 1 saturated heterocycles. The summed E-state index contributed by atoms with van der Waals surface area (Å²) in [6.45, 7) is -0.305. The van der Waals surface area contributed by atoms with Gasteiger partial charge < -0.3 is 5.32 Å². The van der Waals surface area contributed by atoms with E-state index < -0.39 is 28.3 Å². The molecule has 1 fully saturated rings. The number of nitrogens with one attached hydrogen (secondary N) is 1. The van der Waals surface area contributed by atoms with Crippen molar-refractivity contribution in [2.45, 2.75) is 4.87 Å². The van der Waals surface area contributed by atoms with E-state index in [0.29, 0.717) is 16.9 Å². The third kappa shape index (κ3) is 3.45. The van der Waals surface area contributed by atoms with Crippen LogP contribution in [0.15, 0.2) is 72.8 Å². The quantitative estimate of drug-likeness (QED) is 0.635. The van der Waals surface area contributed by atoms with Crippen molar-refractivity contribution in [3.8, 4) is 0 Å². The number of para-hydroxylation sites is 1. The van der Waals surface area contributed by atoms with Gasteiger partial charge in [-0.25, -0.2) is 8.78 Å². The average molecular weight is 465 g/mol. The zero-order chi connectivity index (χ0) is 23.2. The molecular formula is C24H17F2N3O3S. The highest BCUT2D eigenvalue weighted by Crippen LogP contribution is 2.55. The zero-order valence-corrected chi connectivity index (χ0v) is 17.9. The molecule has 2 heterocycles. The number of hydrogen-bond donors (Lipinski definition) is 1. The summed E-state index contributed by atoms with van der Waals surface area (Å²) in [5.41, 5.74) is 1.72. The Morgan fingerprint density at radius 3 is 2.48 bits per heavy atom. The van der Waals surface area contributed by atoms with E-state index >= 15 is 0 Å². The molecule has 1 spiro atoms. The van der Waals surface area contributed by atoms with Crippen molar-refractivity contribution in [2.75, 3.05) is 27.4 Å². The first kappa shape index (κ1) is 21.1. The topological polar surface area (TPSA) is 69.7 Å². The Balaban J connectivity index is 1.51. The van der Waals surface area contributed by atoms with Crippen molar-refractivity contribution in [2.24, 2.45) is 0 Å². The van der Waals surface area contributed by atoms with Crippen molar-refractivity contribution in [1.82, 2.24) is 0 Å². The predicted molar refractivity (Wildman–Crippen MR) is 122 cm³/mol. The summed E-state index contributed by atoms with van der Waals surface area (Å²) >= 11 is 1.15. The average Bonchev–Trinajstić information content (AvgIpc) is 3.26. The van der Waals surface area contributed by atoms with Crippen LogP contribution in [0.25, 0.3) is 0 Å². The molecule has 5 rings (SSSR count). The lowest BCUT2D eigenvalue weighted by Gasteiger charge is -2.33. The molecule has 3 aromatic carbocycles. The van der Waals surface area contributed by atoms with Crippen LogP contribution in [0.1, 0.15) is 5.56 Å². The van der Waals surface area contributed by atoms with Crippen molar-refractivity contribution in [1.29, 1.82) is 0 Å². The number of fused-ring (bicyclic) bond motifs is 2. The molecule has 3 amide bonds. The summed E-state index contributed by atoms with van der Waals surface area (Å²) in [5, 5.41) is 2.65. The van der Waals surface area contributed by atoms with E-state index in [-0.39, 0.29) is 23.9 Å². The summed E-state index contributed by atoms with van der Waals surface area (Å²) in [6, 6.07) is 17.8. The van der Waals surface area contributed by atoms with E-state index in [1.54, 1.807) is 30.3 Å². The van der Waals surface area contributed by atoms with Crippen molar-refractivity contribution in [3.63, 3.8) is 0 Å². The maximum Gasteiger partial charge on any atom is 0.269 e. The number of amides is 3. The molecule has 0 aromatic heterocycles. The van der Waals surface area contributed by atoms with E-state index in [0.717, 1.165) is 11.8 Å². The first-order valence-corrected chi connectivity index (χ1v) is 11.1. The summed E-state index contributed by atoms with van der Waals surface area (Å²) in [6.07, 6.45) is 0. The summed E-state index contributed by atoms with van der Waals surface area (Å²) in [4.78, 5) is 40.7. The Hall–Kier alpha value is -3.72. The Morgan fingerprint density at radius 2 is 1.73 bits per heavy atom. The number of carbonyl (C=O) groups is 3. The van der Waals surface area contributed by atoms with Gasteiger partial charge in [-0.15, -0.1) is 11.8 Å². The number of thioether (sulfide) groups is 1. The van der Waals surface area contributed by atoms with Gasteiger partial charge in [-0.3, -0.25) is 24.2 Å². The fraction of sp³-hybridized carbons (Fsp3) is 0.125. The summed E-state index contributed by atoms with van der Waals surface area (Å²) in [5.74, 6) is -2.19. The fourth-order valence-corrected chi connectivity index (χ4v) is 5.56. The monoisotopic (exact) mass is 465 g/mol. The molecule has 0 unspecified atom stereocenters. The number of hydrogen-bond acceptors (Lipinski definition) is 4. The lowest BCUT2D eigenvalue weighted by molar-refractivity contribution is -0.124. The smallest absolute Gasteiger partial charge is 0.269 e. The predicted octanol–water partition coefficient (Wildman–Crippen LogP) is 3.88. The second-order valence-electron chi connectivity index (χ2n) is 7.61. The number of halogens is 2. The molecule has 0 radical (unpaired) electrons. The molecule has 2 aliphatic heterocycles. The van der Waals surface area contributed by atoms with Crippen LogP contribution in [0.3, 0.4) is 0 Å². The van der Waals surface area contributed by atoms with Gasteiger partial charge >= 0.3 is 0 Å². The second kappa shape index (κ2) is 8.00. The normalized spacial score (nSPS) is 19.3. The van der Waals surface area contributed by atoms with Gasteiger partial charge in [0.1, 0.15) is 18.2 Å². The fourth-order valence-electron chi connectivity index (χ4n) is 4.20. The van der Waals surface area contributed by atoms with Crippen LogP contribution in [0.5, 0.6) is 0 Å². The molecule has 3 aromatic rings. The van der Waals surface area contributed by atoms with Crippen LogP contribution < -0.4 is 15.1 Å². The van der Waals surface area contributed by atoms with Crippen molar-refractivity contribution in [3.05, 3.63) is 90.0 Å². The molecular weight excluding hydrogens is 448 g/mol.